The molecule has 0 saturated carbocycles. The number of nitrogens with zero attached hydrogens (tertiary/aromatic N) is 2. The fourth-order valence-electron chi connectivity index (χ4n) is 1.47. The first-order valence-corrected chi connectivity index (χ1v) is 6.76. The van der Waals surface area contributed by atoms with Crippen LogP contribution in [0.25, 0.3) is 0 Å². The van der Waals surface area contributed by atoms with Crippen LogP contribution in [0.2, 0.25) is 10.0 Å². The second-order valence-electron chi connectivity index (χ2n) is 4.22. The van der Waals surface area contributed by atoms with Crippen molar-refractivity contribution in [2.24, 2.45) is 5.16 Å². The van der Waals surface area contributed by atoms with E-state index in [4.69, 9.17) is 23.2 Å². The van der Waals surface area contributed by atoms with Gasteiger partial charge in [0.25, 0.3) is 0 Å². The van der Waals surface area contributed by atoms with Crippen molar-refractivity contribution in [2.75, 3.05) is 0 Å². The lowest BCUT2D eigenvalue weighted by molar-refractivity contribution is -0.137. The SMILES string of the molecule is O=C(O/N=C\c1ccc(Cl)cc1)c1ncc(C(F)(F)F)cc1Cl. The topological polar surface area (TPSA) is 51.5 Å². The maximum absolute atomic E-state index is 12.5. The quantitative estimate of drug-likeness (QED) is 0.455. The van der Waals surface area contributed by atoms with Crippen molar-refractivity contribution in [3.8, 4) is 0 Å². The Morgan fingerprint density at radius 3 is 2.43 bits per heavy atom. The van der Waals surface area contributed by atoms with E-state index in [2.05, 4.69) is 15.0 Å². The van der Waals surface area contributed by atoms with Gasteiger partial charge in [-0.1, -0.05) is 40.5 Å². The summed E-state index contributed by atoms with van der Waals surface area (Å²) in [6.07, 6.45) is -2.89. The van der Waals surface area contributed by atoms with E-state index in [0.29, 0.717) is 22.8 Å². The molecule has 0 fully saturated rings. The van der Waals surface area contributed by atoms with Crippen LogP contribution in [0.1, 0.15) is 21.6 Å². The molecule has 0 saturated heterocycles. The number of hydrogen-bond acceptors (Lipinski definition) is 4. The Balaban J connectivity index is 2.07. The van der Waals surface area contributed by atoms with Gasteiger partial charge in [-0.3, -0.25) is 0 Å². The van der Waals surface area contributed by atoms with Crippen LogP contribution in [-0.2, 0) is 11.0 Å². The van der Waals surface area contributed by atoms with Gasteiger partial charge in [-0.2, -0.15) is 13.2 Å². The molecule has 1 aromatic heterocycles. The lowest BCUT2D eigenvalue weighted by Gasteiger charge is -2.07. The van der Waals surface area contributed by atoms with E-state index in [1.807, 2.05) is 0 Å². The summed E-state index contributed by atoms with van der Waals surface area (Å²) in [5.41, 5.74) is -0.926. The highest BCUT2D eigenvalue weighted by molar-refractivity contribution is 6.33. The lowest BCUT2D eigenvalue weighted by atomic mass is 10.2. The van der Waals surface area contributed by atoms with Gasteiger partial charge in [0.1, 0.15) is 0 Å². The number of pyridine rings is 1. The molecule has 1 aromatic carbocycles. The highest BCUT2D eigenvalue weighted by atomic mass is 35.5. The summed E-state index contributed by atoms with van der Waals surface area (Å²) in [6.45, 7) is 0. The molecule has 2 aromatic rings. The van der Waals surface area contributed by atoms with E-state index in [1.165, 1.54) is 6.21 Å². The smallest absolute Gasteiger partial charge is 0.311 e. The lowest BCUT2D eigenvalue weighted by Crippen LogP contribution is -2.10. The molecule has 1 heterocycles. The molecule has 0 spiro atoms. The van der Waals surface area contributed by atoms with Gasteiger partial charge in [-0.15, -0.1) is 0 Å². The van der Waals surface area contributed by atoms with E-state index < -0.39 is 28.4 Å². The first kappa shape index (κ1) is 17.2. The van der Waals surface area contributed by atoms with Crippen LogP contribution in [0.5, 0.6) is 0 Å². The zero-order chi connectivity index (χ0) is 17.0. The second-order valence-corrected chi connectivity index (χ2v) is 5.06. The number of benzene rings is 1. The fraction of sp³-hybridized carbons (Fsp3) is 0.0714. The summed E-state index contributed by atoms with van der Waals surface area (Å²) >= 11 is 11.3. The average molecular weight is 363 g/mol. The first-order valence-electron chi connectivity index (χ1n) is 6.00. The highest BCUT2D eigenvalue weighted by Crippen LogP contribution is 2.31. The molecule has 23 heavy (non-hydrogen) atoms. The fourth-order valence-corrected chi connectivity index (χ4v) is 1.84. The van der Waals surface area contributed by atoms with E-state index >= 15 is 0 Å². The molecular weight excluding hydrogens is 356 g/mol. The van der Waals surface area contributed by atoms with Gasteiger partial charge in [0, 0.05) is 11.2 Å². The minimum absolute atomic E-state index is 0.465. The normalized spacial score (nSPS) is 11.7. The Bertz CT molecular complexity index is 747. The van der Waals surface area contributed by atoms with Crippen molar-refractivity contribution in [3.63, 3.8) is 0 Å². The Labute approximate surface area is 138 Å². The Hall–Kier alpha value is -2.12. The van der Waals surface area contributed by atoms with Gasteiger partial charge in [0.15, 0.2) is 5.69 Å². The number of hydrogen-bond donors (Lipinski definition) is 0. The van der Waals surface area contributed by atoms with Crippen LogP contribution < -0.4 is 0 Å². The third-order valence-electron chi connectivity index (χ3n) is 2.57. The molecular formula is C14H7Cl2F3N2O2. The van der Waals surface area contributed by atoms with E-state index in [0.717, 1.165) is 0 Å². The molecule has 0 atom stereocenters. The van der Waals surface area contributed by atoms with Crippen molar-refractivity contribution < 1.29 is 22.8 Å². The molecule has 9 heteroatoms. The predicted molar refractivity (Wildman–Crippen MR) is 78.7 cm³/mol. The minimum atomic E-state index is -4.61. The van der Waals surface area contributed by atoms with E-state index in [1.54, 1.807) is 24.3 Å². The first-order chi connectivity index (χ1) is 10.8. The molecule has 0 aliphatic rings. The summed E-state index contributed by atoms with van der Waals surface area (Å²) in [7, 11) is 0. The highest BCUT2D eigenvalue weighted by Gasteiger charge is 2.32. The van der Waals surface area contributed by atoms with Gasteiger partial charge < -0.3 is 4.84 Å². The maximum atomic E-state index is 12.5. The van der Waals surface area contributed by atoms with Crippen LogP contribution in [0.15, 0.2) is 41.7 Å². The zero-order valence-corrected chi connectivity index (χ0v) is 12.7. The standard InChI is InChI=1S/C14H7Cl2F3N2O2/c15-10-3-1-8(2-4-10)6-21-23-13(22)12-11(16)5-9(7-20-12)14(17,18)19/h1-7H/b21-6-. The van der Waals surface area contributed by atoms with Crippen LogP contribution in [0.3, 0.4) is 0 Å². The summed E-state index contributed by atoms with van der Waals surface area (Å²) in [5, 5.41) is 3.47. The molecule has 120 valence electrons. The number of oxime groups is 1. The maximum Gasteiger partial charge on any atom is 0.417 e. The van der Waals surface area contributed by atoms with Crippen molar-refractivity contribution in [1.82, 2.24) is 4.98 Å². The van der Waals surface area contributed by atoms with Crippen molar-refractivity contribution in [3.05, 3.63) is 63.4 Å². The van der Waals surface area contributed by atoms with Crippen molar-refractivity contribution >= 4 is 35.4 Å². The van der Waals surface area contributed by atoms with Gasteiger partial charge in [-0.05, 0) is 23.8 Å². The zero-order valence-electron chi connectivity index (χ0n) is 11.1. The molecule has 0 bridgehead atoms. The summed E-state index contributed by atoms with van der Waals surface area (Å²) in [5.74, 6) is -1.08. The number of carbonyl (C=O) groups is 1. The number of aromatic nitrogens is 1. The van der Waals surface area contributed by atoms with Crippen LogP contribution in [0.4, 0.5) is 13.2 Å². The number of rotatable bonds is 3. The Kier molecular flexibility index (Phi) is 5.23. The third-order valence-corrected chi connectivity index (χ3v) is 3.11. The van der Waals surface area contributed by atoms with Gasteiger partial charge in [0.2, 0.25) is 0 Å². The minimum Gasteiger partial charge on any atom is -0.311 e. The van der Waals surface area contributed by atoms with Gasteiger partial charge >= 0.3 is 12.1 Å². The average Bonchev–Trinajstić information content (AvgIpc) is 2.48. The predicted octanol–water partition coefficient (Wildman–Crippen LogP) is 4.60. The number of carbonyl (C=O) groups excluding carboxylic acids is 1. The van der Waals surface area contributed by atoms with E-state index in [9.17, 15) is 18.0 Å². The Morgan fingerprint density at radius 1 is 1.22 bits per heavy atom. The molecule has 0 N–H and O–H groups in total. The van der Waals surface area contributed by atoms with Crippen molar-refractivity contribution in [2.45, 2.75) is 6.18 Å². The molecule has 0 amide bonds. The summed E-state index contributed by atoms with van der Waals surface area (Å²) in [6, 6.07) is 7.07. The molecule has 4 nitrogen and oxygen atoms in total. The van der Waals surface area contributed by atoms with Gasteiger partial charge in [0.05, 0.1) is 16.8 Å². The summed E-state index contributed by atoms with van der Waals surface area (Å²) < 4.78 is 37.4. The Morgan fingerprint density at radius 2 is 1.87 bits per heavy atom. The number of halogens is 5. The van der Waals surface area contributed by atoms with Crippen LogP contribution in [-0.4, -0.2) is 17.2 Å². The molecule has 0 aliphatic carbocycles. The van der Waals surface area contributed by atoms with Crippen LogP contribution >= 0.6 is 23.2 Å². The largest absolute Gasteiger partial charge is 0.417 e. The molecule has 0 aliphatic heterocycles. The number of alkyl halides is 3. The molecule has 0 unspecified atom stereocenters. The van der Waals surface area contributed by atoms with E-state index in [-0.39, 0.29) is 0 Å². The third kappa shape index (κ3) is 4.67. The molecule has 0 radical (unpaired) electrons. The van der Waals surface area contributed by atoms with Crippen LogP contribution in [0, 0.1) is 0 Å². The molecule has 2 rings (SSSR count). The monoisotopic (exact) mass is 362 g/mol. The van der Waals surface area contributed by atoms with Gasteiger partial charge in [-0.25, -0.2) is 9.78 Å². The van der Waals surface area contributed by atoms with Crippen molar-refractivity contribution in [1.29, 1.82) is 0 Å². The second kappa shape index (κ2) is 6.97. The summed E-state index contributed by atoms with van der Waals surface area (Å²) in [4.78, 5) is 19.6.